The minimum atomic E-state index is -0.686. The zero-order chi connectivity index (χ0) is 14.0. The number of benzene rings is 1. The third kappa shape index (κ3) is 3.16. The van der Waals surface area contributed by atoms with Crippen LogP contribution in [0.5, 0.6) is 0 Å². The first-order chi connectivity index (χ1) is 8.99. The SMILES string of the molecule is NC(=O)CONC(=O)c1sc2cc(Cl)ccc2c1Cl. The summed E-state index contributed by atoms with van der Waals surface area (Å²) in [5.74, 6) is -1.22. The Morgan fingerprint density at radius 1 is 1.37 bits per heavy atom. The highest BCUT2D eigenvalue weighted by atomic mass is 35.5. The second-order valence-corrected chi connectivity index (χ2v) is 5.44. The maximum Gasteiger partial charge on any atom is 0.286 e. The average Bonchev–Trinajstić information content (AvgIpc) is 2.65. The molecule has 2 aromatic rings. The van der Waals surface area contributed by atoms with E-state index in [-0.39, 0.29) is 4.88 Å². The van der Waals surface area contributed by atoms with Crippen LogP contribution in [-0.2, 0) is 9.63 Å². The number of halogens is 2. The summed E-state index contributed by atoms with van der Waals surface area (Å²) in [4.78, 5) is 27.2. The molecule has 100 valence electrons. The third-order valence-electron chi connectivity index (χ3n) is 2.18. The van der Waals surface area contributed by atoms with E-state index < -0.39 is 18.4 Å². The van der Waals surface area contributed by atoms with E-state index in [9.17, 15) is 9.59 Å². The number of hydrogen-bond acceptors (Lipinski definition) is 4. The van der Waals surface area contributed by atoms with Gasteiger partial charge in [0, 0.05) is 15.1 Å². The average molecular weight is 319 g/mol. The van der Waals surface area contributed by atoms with Crippen molar-refractivity contribution in [2.24, 2.45) is 5.73 Å². The van der Waals surface area contributed by atoms with Gasteiger partial charge in [0.15, 0.2) is 6.61 Å². The van der Waals surface area contributed by atoms with E-state index in [4.69, 9.17) is 28.9 Å². The van der Waals surface area contributed by atoms with Crippen LogP contribution in [0.25, 0.3) is 10.1 Å². The molecule has 0 aliphatic rings. The topological polar surface area (TPSA) is 81.4 Å². The summed E-state index contributed by atoms with van der Waals surface area (Å²) in [6.07, 6.45) is 0. The van der Waals surface area contributed by atoms with Crippen molar-refractivity contribution < 1.29 is 14.4 Å². The summed E-state index contributed by atoms with van der Waals surface area (Å²) in [6, 6.07) is 5.14. The van der Waals surface area contributed by atoms with Gasteiger partial charge in [0.1, 0.15) is 4.88 Å². The van der Waals surface area contributed by atoms with Gasteiger partial charge in [-0.25, -0.2) is 5.48 Å². The Morgan fingerprint density at radius 2 is 2.11 bits per heavy atom. The van der Waals surface area contributed by atoms with E-state index in [0.29, 0.717) is 10.0 Å². The van der Waals surface area contributed by atoms with Gasteiger partial charge in [-0.05, 0) is 12.1 Å². The number of rotatable bonds is 4. The molecule has 0 fully saturated rings. The normalized spacial score (nSPS) is 10.6. The maximum atomic E-state index is 11.8. The van der Waals surface area contributed by atoms with Crippen molar-refractivity contribution >= 4 is 56.4 Å². The fourth-order valence-electron chi connectivity index (χ4n) is 1.40. The molecule has 0 unspecified atom stereocenters. The molecular weight excluding hydrogens is 311 g/mol. The van der Waals surface area contributed by atoms with Gasteiger partial charge in [-0.1, -0.05) is 29.3 Å². The summed E-state index contributed by atoms with van der Waals surface area (Å²) in [5, 5.41) is 1.61. The number of hydroxylamine groups is 1. The molecule has 1 aromatic carbocycles. The molecule has 8 heteroatoms. The molecule has 2 amide bonds. The van der Waals surface area contributed by atoms with E-state index in [1.807, 2.05) is 0 Å². The van der Waals surface area contributed by atoms with Gasteiger partial charge < -0.3 is 5.73 Å². The number of fused-ring (bicyclic) bond motifs is 1. The van der Waals surface area contributed by atoms with Gasteiger partial charge in [-0.3, -0.25) is 14.4 Å². The van der Waals surface area contributed by atoms with Crippen molar-refractivity contribution in [1.82, 2.24) is 5.48 Å². The molecule has 19 heavy (non-hydrogen) atoms. The number of carbonyl (C=O) groups excluding carboxylic acids is 2. The molecule has 0 atom stereocenters. The number of nitrogens with one attached hydrogen (secondary N) is 1. The molecule has 0 bridgehead atoms. The Morgan fingerprint density at radius 3 is 2.79 bits per heavy atom. The van der Waals surface area contributed by atoms with Crippen LogP contribution in [0.2, 0.25) is 10.0 Å². The molecular formula is C11H8Cl2N2O3S. The molecule has 0 aliphatic carbocycles. The van der Waals surface area contributed by atoms with Crippen molar-refractivity contribution in [3.05, 3.63) is 33.1 Å². The van der Waals surface area contributed by atoms with Gasteiger partial charge >= 0.3 is 0 Å². The largest absolute Gasteiger partial charge is 0.368 e. The molecule has 0 radical (unpaired) electrons. The zero-order valence-electron chi connectivity index (χ0n) is 9.41. The van der Waals surface area contributed by atoms with Crippen molar-refractivity contribution in [3.63, 3.8) is 0 Å². The zero-order valence-corrected chi connectivity index (χ0v) is 11.7. The molecule has 3 N–H and O–H groups in total. The highest BCUT2D eigenvalue weighted by molar-refractivity contribution is 7.21. The van der Waals surface area contributed by atoms with E-state index in [2.05, 4.69) is 10.3 Å². The number of hydrogen-bond donors (Lipinski definition) is 2. The van der Waals surface area contributed by atoms with Gasteiger partial charge in [-0.2, -0.15) is 0 Å². The number of amides is 2. The van der Waals surface area contributed by atoms with Crippen LogP contribution in [-0.4, -0.2) is 18.4 Å². The minimum Gasteiger partial charge on any atom is -0.368 e. The second-order valence-electron chi connectivity index (χ2n) is 3.57. The molecule has 1 aromatic heterocycles. The van der Waals surface area contributed by atoms with E-state index in [0.717, 1.165) is 10.1 Å². The van der Waals surface area contributed by atoms with Crippen LogP contribution in [0, 0.1) is 0 Å². The molecule has 2 rings (SSSR count). The lowest BCUT2D eigenvalue weighted by Crippen LogP contribution is -2.29. The van der Waals surface area contributed by atoms with E-state index >= 15 is 0 Å². The maximum absolute atomic E-state index is 11.8. The van der Waals surface area contributed by atoms with Crippen LogP contribution in [0.4, 0.5) is 0 Å². The lowest BCUT2D eigenvalue weighted by molar-refractivity contribution is -0.124. The first-order valence-corrected chi connectivity index (χ1v) is 6.64. The molecule has 1 heterocycles. The summed E-state index contributed by atoms with van der Waals surface area (Å²) in [6.45, 7) is -0.403. The van der Waals surface area contributed by atoms with Crippen molar-refractivity contribution in [1.29, 1.82) is 0 Å². The van der Waals surface area contributed by atoms with Gasteiger partial charge in [-0.15, -0.1) is 11.3 Å². The Bertz CT molecular complexity index is 657. The fourth-order valence-corrected chi connectivity index (χ4v) is 3.08. The van der Waals surface area contributed by atoms with Crippen LogP contribution >= 0.6 is 34.5 Å². The Balaban J connectivity index is 2.22. The highest BCUT2D eigenvalue weighted by Crippen LogP contribution is 2.36. The Kier molecular flexibility index (Phi) is 4.26. The van der Waals surface area contributed by atoms with Crippen LogP contribution in [0.3, 0.4) is 0 Å². The van der Waals surface area contributed by atoms with Crippen molar-refractivity contribution in [3.8, 4) is 0 Å². The van der Waals surface area contributed by atoms with E-state index in [1.165, 1.54) is 11.3 Å². The lowest BCUT2D eigenvalue weighted by atomic mass is 10.2. The molecule has 0 aliphatic heterocycles. The van der Waals surface area contributed by atoms with Crippen LogP contribution in [0.1, 0.15) is 9.67 Å². The summed E-state index contributed by atoms with van der Waals surface area (Å²) < 4.78 is 0.789. The molecule has 0 spiro atoms. The summed E-state index contributed by atoms with van der Waals surface area (Å²) in [5.41, 5.74) is 6.97. The molecule has 0 saturated heterocycles. The van der Waals surface area contributed by atoms with Gasteiger partial charge in [0.25, 0.3) is 5.91 Å². The fraction of sp³-hybridized carbons (Fsp3) is 0.0909. The van der Waals surface area contributed by atoms with Crippen LogP contribution in [0.15, 0.2) is 18.2 Å². The summed E-state index contributed by atoms with van der Waals surface area (Å²) >= 11 is 13.2. The minimum absolute atomic E-state index is 0.281. The number of primary amides is 1. The summed E-state index contributed by atoms with van der Waals surface area (Å²) in [7, 11) is 0. The number of nitrogens with two attached hydrogens (primary N) is 1. The third-order valence-corrected chi connectivity index (χ3v) is 4.07. The quantitative estimate of drug-likeness (QED) is 0.849. The first kappa shape index (κ1) is 14.1. The standard InChI is InChI=1S/C11H8Cl2N2O3S/c12-5-1-2-6-7(3-5)19-10(9(6)13)11(17)15-18-4-8(14)16/h1-3H,4H2,(H2,14,16)(H,15,17). The lowest BCUT2D eigenvalue weighted by Gasteiger charge is -2.02. The van der Waals surface area contributed by atoms with Crippen LogP contribution < -0.4 is 11.2 Å². The highest BCUT2D eigenvalue weighted by Gasteiger charge is 2.17. The predicted molar refractivity (Wildman–Crippen MR) is 74.5 cm³/mol. The predicted octanol–water partition coefficient (Wildman–Crippen LogP) is 2.35. The monoisotopic (exact) mass is 318 g/mol. The number of carbonyl (C=O) groups is 2. The molecule has 0 saturated carbocycles. The smallest absolute Gasteiger partial charge is 0.286 e. The second kappa shape index (κ2) is 5.75. The van der Waals surface area contributed by atoms with E-state index in [1.54, 1.807) is 18.2 Å². The molecule has 5 nitrogen and oxygen atoms in total. The van der Waals surface area contributed by atoms with Gasteiger partial charge in [0.2, 0.25) is 5.91 Å². The first-order valence-electron chi connectivity index (χ1n) is 5.07. The van der Waals surface area contributed by atoms with Crippen molar-refractivity contribution in [2.75, 3.05) is 6.61 Å². The number of thiophene rings is 1. The Hall–Kier alpha value is -1.34. The van der Waals surface area contributed by atoms with Crippen molar-refractivity contribution in [2.45, 2.75) is 0 Å². The van der Waals surface area contributed by atoms with Gasteiger partial charge in [0.05, 0.1) is 5.02 Å². The Labute approximate surface area is 122 Å².